The van der Waals surface area contributed by atoms with Crippen LogP contribution in [-0.4, -0.2) is 70.8 Å². The third kappa shape index (κ3) is 8.02. The lowest BCUT2D eigenvalue weighted by molar-refractivity contribution is 0.0368. The molecule has 206 valence electrons. The molecule has 0 saturated carbocycles. The molecule has 2 aliphatic rings. The minimum Gasteiger partial charge on any atom is -0.494 e. The van der Waals surface area contributed by atoms with E-state index in [-0.39, 0.29) is 11.8 Å². The van der Waals surface area contributed by atoms with Crippen molar-refractivity contribution in [3.05, 3.63) is 113 Å². The highest BCUT2D eigenvalue weighted by atomic mass is 32.2. The molecule has 0 N–H and O–H groups in total. The third-order valence-corrected chi connectivity index (χ3v) is 8.69. The van der Waals surface area contributed by atoms with Crippen LogP contribution >= 0.6 is 0 Å². The van der Waals surface area contributed by atoms with Crippen LogP contribution in [0.5, 0.6) is 5.75 Å². The maximum atomic E-state index is 13.0. The van der Waals surface area contributed by atoms with Crippen molar-refractivity contribution >= 4 is 9.84 Å². The molecule has 5 rings (SSSR count). The second kappa shape index (κ2) is 13.4. The van der Waals surface area contributed by atoms with Gasteiger partial charge in [-0.1, -0.05) is 72.8 Å². The molecule has 0 radical (unpaired) electrons. The predicted octanol–water partition coefficient (Wildman–Crippen LogP) is 5.08. The van der Waals surface area contributed by atoms with Crippen LogP contribution in [0.3, 0.4) is 0 Å². The maximum absolute atomic E-state index is 13.0. The molecular formula is C32H38N2O4S. The van der Waals surface area contributed by atoms with E-state index in [9.17, 15) is 8.42 Å². The number of sulfone groups is 1. The van der Waals surface area contributed by atoms with E-state index in [0.717, 1.165) is 62.6 Å². The Balaban J connectivity index is 1.13. The molecule has 0 spiro atoms. The van der Waals surface area contributed by atoms with E-state index in [4.69, 9.17) is 9.47 Å². The first kappa shape index (κ1) is 27.6. The predicted molar refractivity (Wildman–Crippen MR) is 155 cm³/mol. The molecule has 3 aromatic rings. The second-order valence-electron chi connectivity index (χ2n) is 10.4. The monoisotopic (exact) mass is 546 g/mol. The summed E-state index contributed by atoms with van der Waals surface area (Å²) in [5.74, 6) is 0.705. The van der Waals surface area contributed by atoms with E-state index in [1.807, 2.05) is 36.4 Å². The minimum atomic E-state index is -3.39. The lowest BCUT2D eigenvalue weighted by Gasteiger charge is -2.41. The van der Waals surface area contributed by atoms with Gasteiger partial charge in [-0.05, 0) is 53.8 Å². The summed E-state index contributed by atoms with van der Waals surface area (Å²) in [5, 5.41) is 1.48. The van der Waals surface area contributed by atoms with E-state index in [0.29, 0.717) is 19.7 Å². The Morgan fingerprint density at radius 3 is 2.18 bits per heavy atom. The van der Waals surface area contributed by atoms with E-state index < -0.39 is 9.84 Å². The Hall–Kier alpha value is -2.97. The molecule has 2 fully saturated rings. The quantitative estimate of drug-likeness (QED) is 0.295. The fourth-order valence-corrected chi connectivity index (χ4v) is 6.71. The SMILES string of the molecule is O=S(=O)(C=C1CN(C(c2ccccc2)c2ccccc2)C1)Cc1cccc(OCCCCN2CCOCC2)c1. The molecule has 0 atom stereocenters. The van der Waals surface area contributed by atoms with Crippen LogP contribution in [0.15, 0.2) is 95.9 Å². The van der Waals surface area contributed by atoms with Gasteiger partial charge in [0.15, 0.2) is 9.84 Å². The first-order valence-electron chi connectivity index (χ1n) is 13.8. The zero-order valence-electron chi connectivity index (χ0n) is 22.5. The van der Waals surface area contributed by atoms with E-state index in [2.05, 4.69) is 58.3 Å². The molecule has 0 aliphatic carbocycles. The molecular weight excluding hydrogens is 508 g/mol. The van der Waals surface area contributed by atoms with Crippen molar-refractivity contribution < 1.29 is 17.9 Å². The summed E-state index contributed by atoms with van der Waals surface area (Å²) in [6.07, 6.45) is 2.05. The topological polar surface area (TPSA) is 59.1 Å². The molecule has 6 nitrogen and oxygen atoms in total. The molecule has 0 amide bonds. The van der Waals surface area contributed by atoms with Crippen LogP contribution in [0.1, 0.15) is 35.6 Å². The number of hydrogen-bond donors (Lipinski definition) is 0. The van der Waals surface area contributed by atoms with Crippen molar-refractivity contribution in [3.63, 3.8) is 0 Å². The van der Waals surface area contributed by atoms with Crippen molar-refractivity contribution in [1.82, 2.24) is 9.80 Å². The van der Waals surface area contributed by atoms with Crippen molar-refractivity contribution in [2.24, 2.45) is 0 Å². The molecule has 3 aromatic carbocycles. The van der Waals surface area contributed by atoms with Gasteiger partial charge in [-0.15, -0.1) is 0 Å². The number of ether oxygens (including phenoxy) is 2. The van der Waals surface area contributed by atoms with Gasteiger partial charge in [-0.3, -0.25) is 9.80 Å². The van der Waals surface area contributed by atoms with Crippen LogP contribution in [0.4, 0.5) is 0 Å². The van der Waals surface area contributed by atoms with Gasteiger partial charge >= 0.3 is 0 Å². The number of unbranched alkanes of at least 4 members (excludes halogenated alkanes) is 1. The maximum Gasteiger partial charge on any atom is 0.175 e. The Kier molecular flexibility index (Phi) is 9.48. The lowest BCUT2D eigenvalue weighted by atomic mass is 9.93. The van der Waals surface area contributed by atoms with Crippen LogP contribution in [0, 0.1) is 0 Å². The average molecular weight is 547 g/mol. The molecule has 2 heterocycles. The fraction of sp³-hybridized carbons (Fsp3) is 0.375. The van der Waals surface area contributed by atoms with Gasteiger partial charge in [-0.25, -0.2) is 8.42 Å². The number of likely N-dealkylation sites (tertiary alicyclic amines) is 1. The fourth-order valence-electron chi connectivity index (χ4n) is 5.32. The van der Waals surface area contributed by atoms with Gasteiger partial charge in [0.2, 0.25) is 0 Å². The van der Waals surface area contributed by atoms with Gasteiger partial charge in [0, 0.05) is 31.6 Å². The van der Waals surface area contributed by atoms with Crippen LogP contribution in [0.2, 0.25) is 0 Å². The smallest absolute Gasteiger partial charge is 0.175 e. The van der Waals surface area contributed by atoms with Crippen LogP contribution in [0.25, 0.3) is 0 Å². The molecule has 2 aliphatic heterocycles. The number of rotatable bonds is 12. The van der Waals surface area contributed by atoms with Gasteiger partial charge in [0.25, 0.3) is 0 Å². The Labute approximate surface area is 232 Å². The zero-order chi connectivity index (χ0) is 26.9. The first-order valence-corrected chi connectivity index (χ1v) is 15.6. The van der Waals surface area contributed by atoms with Gasteiger partial charge in [-0.2, -0.15) is 0 Å². The van der Waals surface area contributed by atoms with Crippen LogP contribution in [-0.2, 0) is 20.3 Å². The number of nitrogens with zero attached hydrogens (tertiary/aromatic N) is 2. The summed E-state index contributed by atoms with van der Waals surface area (Å²) in [6, 6.07) is 28.4. The van der Waals surface area contributed by atoms with Gasteiger partial charge in [0.05, 0.1) is 31.6 Å². The van der Waals surface area contributed by atoms with Crippen molar-refractivity contribution in [3.8, 4) is 5.75 Å². The summed E-state index contributed by atoms with van der Waals surface area (Å²) in [5.41, 5.74) is 4.12. The third-order valence-electron chi connectivity index (χ3n) is 7.26. The number of benzene rings is 3. The molecule has 2 saturated heterocycles. The summed E-state index contributed by atoms with van der Waals surface area (Å²) < 4.78 is 37.4. The van der Waals surface area contributed by atoms with E-state index in [1.165, 1.54) is 16.5 Å². The highest BCUT2D eigenvalue weighted by Crippen LogP contribution is 2.34. The van der Waals surface area contributed by atoms with Crippen molar-refractivity contribution in [1.29, 1.82) is 0 Å². The number of hydrogen-bond acceptors (Lipinski definition) is 6. The summed E-state index contributed by atoms with van der Waals surface area (Å²) in [4.78, 5) is 4.74. The Morgan fingerprint density at radius 1 is 0.846 bits per heavy atom. The summed E-state index contributed by atoms with van der Waals surface area (Å²) in [7, 11) is -3.39. The molecule has 39 heavy (non-hydrogen) atoms. The standard InChI is InChI=1S/C32H38N2O4S/c35-39(36,25-27-10-9-15-31(22-27)38-19-8-7-16-33-17-20-37-21-18-33)26-28-23-34(24-28)32(29-11-3-1-4-12-29)30-13-5-2-6-14-30/h1-6,9-15,22,26,32H,7-8,16-21,23-25H2. The minimum absolute atomic E-state index is 0.0223. The summed E-state index contributed by atoms with van der Waals surface area (Å²) >= 11 is 0. The Bertz CT molecular complexity index is 1280. The van der Waals surface area contributed by atoms with Crippen molar-refractivity contribution in [2.45, 2.75) is 24.6 Å². The molecule has 0 unspecified atom stereocenters. The summed E-state index contributed by atoms with van der Waals surface area (Å²) in [6.45, 7) is 6.63. The first-order chi connectivity index (χ1) is 19.1. The van der Waals surface area contributed by atoms with Crippen molar-refractivity contribution in [2.75, 3.05) is 52.5 Å². The molecule has 7 heteroatoms. The largest absolute Gasteiger partial charge is 0.494 e. The van der Waals surface area contributed by atoms with E-state index in [1.54, 1.807) is 0 Å². The highest BCUT2D eigenvalue weighted by molar-refractivity contribution is 7.93. The van der Waals surface area contributed by atoms with Crippen LogP contribution < -0.4 is 4.74 Å². The van der Waals surface area contributed by atoms with Gasteiger partial charge < -0.3 is 9.47 Å². The number of morpholine rings is 1. The lowest BCUT2D eigenvalue weighted by Crippen LogP contribution is -2.43. The average Bonchev–Trinajstić information content (AvgIpc) is 2.93. The highest BCUT2D eigenvalue weighted by Gasteiger charge is 2.31. The molecule has 0 bridgehead atoms. The van der Waals surface area contributed by atoms with E-state index >= 15 is 0 Å². The Morgan fingerprint density at radius 2 is 1.51 bits per heavy atom. The van der Waals surface area contributed by atoms with Gasteiger partial charge in [0.1, 0.15) is 5.75 Å². The molecule has 0 aromatic heterocycles. The second-order valence-corrected chi connectivity index (χ2v) is 12.2. The zero-order valence-corrected chi connectivity index (χ0v) is 23.3. The normalized spacial score (nSPS) is 16.7.